The lowest BCUT2D eigenvalue weighted by Crippen LogP contribution is -2.26. The second kappa shape index (κ2) is 5.01. The summed E-state index contributed by atoms with van der Waals surface area (Å²) in [5, 5.41) is 7.87. The van der Waals surface area contributed by atoms with E-state index in [0.29, 0.717) is 11.4 Å². The Morgan fingerprint density at radius 3 is 2.72 bits per heavy atom. The number of amides is 1. The molecule has 1 aromatic carbocycles. The number of ether oxygens (including phenoxy) is 1. The normalized spacial score (nSPS) is 10.1. The third-order valence-electron chi connectivity index (χ3n) is 2.37. The molecule has 0 aliphatic rings. The topological polar surface area (TPSA) is 81.3 Å². The first-order chi connectivity index (χ1) is 8.63. The van der Waals surface area contributed by atoms with E-state index in [1.165, 1.54) is 4.90 Å². The van der Waals surface area contributed by atoms with Gasteiger partial charge in [0.2, 0.25) is 10.1 Å². The Morgan fingerprint density at radius 1 is 1.39 bits per heavy atom. The number of nitrogen functional groups attached to an aromatic ring is 1. The number of carbonyl (C=O) groups excluding carboxylic acids is 1. The molecule has 0 radical (unpaired) electrons. The van der Waals surface area contributed by atoms with Gasteiger partial charge >= 0.3 is 0 Å². The SMILES string of the molecule is COc1ccccc1N(C)C(=O)c1nnc(N)s1. The van der Waals surface area contributed by atoms with Crippen LogP contribution in [0.5, 0.6) is 5.75 Å². The van der Waals surface area contributed by atoms with Gasteiger partial charge in [-0.15, -0.1) is 10.2 Å². The maximum Gasteiger partial charge on any atom is 0.289 e. The summed E-state index contributed by atoms with van der Waals surface area (Å²) in [5.41, 5.74) is 6.13. The first-order valence-corrected chi connectivity index (χ1v) is 5.95. The van der Waals surface area contributed by atoms with E-state index in [4.69, 9.17) is 10.5 Å². The zero-order chi connectivity index (χ0) is 13.1. The standard InChI is InChI=1S/C11H12N4O2S/c1-15(7-5-3-4-6-8(7)17-2)10(16)9-13-14-11(12)18-9/h3-6H,1-2H3,(H2,12,14). The molecule has 0 spiro atoms. The Labute approximate surface area is 108 Å². The van der Waals surface area contributed by atoms with Gasteiger partial charge < -0.3 is 15.4 Å². The predicted molar refractivity (Wildman–Crippen MR) is 70.0 cm³/mol. The molecule has 0 bridgehead atoms. The van der Waals surface area contributed by atoms with Crippen molar-refractivity contribution in [2.45, 2.75) is 0 Å². The highest BCUT2D eigenvalue weighted by Crippen LogP contribution is 2.28. The number of hydrogen-bond acceptors (Lipinski definition) is 6. The molecule has 0 atom stereocenters. The second-order valence-electron chi connectivity index (χ2n) is 3.48. The van der Waals surface area contributed by atoms with Crippen LogP contribution in [0, 0.1) is 0 Å². The Kier molecular flexibility index (Phi) is 3.42. The Bertz CT molecular complexity index is 570. The molecule has 6 nitrogen and oxygen atoms in total. The molecule has 1 aromatic heterocycles. The van der Waals surface area contributed by atoms with Crippen LogP contribution in [-0.2, 0) is 0 Å². The highest BCUT2D eigenvalue weighted by Gasteiger charge is 2.20. The second-order valence-corrected chi connectivity index (χ2v) is 4.49. The number of methoxy groups -OCH3 is 1. The summed E-state index contributed by atoms with van der Waals surface area (Å²) in [6.07, 6.45) is 0. The van der Waals surface area contributed by atoms with Crippen LogP contribution in [0.15, 0.2) is 24.3 Å². The van der Waals surface area contributed by atoms with Crippen molar-refractivity contribution >= 4 is 28.1 Å². The molecule has 0 fully saturated rings. The van der Waals surface area contributed by atoms with Crippen LogP contribution >= 0.6 is 11.3 Å². The lowest BCUT2D eigenvalue weighted by Gasteiger charge is -2.18. The molecule has 0 saturated carbocycles. The van der Waals surface area contributed by atoms with Crippen LogP contribution in [0.4, 0.5) is 10.8 Å². The van der Waals surface area contributed by atoms with Crippen molar-refractivity contribution in [3.63, 3.8) is 0 Å². The van der Waals surface area contributed by atoms with Crippen molar-refractivity contribution in [3.8, 4) is 5.75 Å². The number of benzene rings is 1. The molecule has 94 valence electrons. The molecular formula is C11H12N4O2S. The van der Waals surface area contributed by atoms with E-state index >= 15 is 0 Å². The van der Waals surface area contributed by atoms with E-state index in [1.54, 1.807) is 26.3 Å². The fourth-order valence-corrected chi connectivity index (χ4v) is 2.07. The van der Waals surface area contributed by atoms with E-state index in [2.05, 4.69) is 10.2 Å². The number of nitrogens with two attached hydrogens (primary N) is 1. The summed E-state index contributed by atoms with van der Waals surface area (Å²) in [6, 6.07) is 7.24. The van der Waals surface area contributed by atoms with Crippen molar-refractivity contribution in [1.29, 1.82) is 0 Å². The molecule has 0 aliphatic heterocycles. The van der Waals surface area contributed by atoms with Crippen LogP contribution in [0.2, 0.25) is 0 Å². The summed E-state index contributed by atoms with van der Waals surface area (Å²) in [5.74, 6) is 0.347. The van der Waals surface area contributed by atoms with E-state index in [1.807, 2.05) is 12.1 Å². The van der Waals surface area contributed by atoms with Crippen molar-refractivity contribution in [1.82, 2.24) is 10.2 Å². The minimum atomic E-state index is -0.270. The summed E-state index contributed by atoms with van der Waals surface area (Å²) in [4.78, 5) is 13.6. The van der Waals surface area contributed by atoms with Crippen molar-refractivity contribution in [3.05, 3.63) is 29.3 Å². The van der Waals surface area contributed by atoms with Crippen molar-refractivity contribution < 1.29 is 9.53 Å². The van der Waals surface area contributed by atoms with E-state index in [-0.39, 0.29) is 16.0 Å². The summed E-state index contributed by atoms with van der Waals surface area (Å²) >= 11 is 1.06. The minimum Gasteiger partial charge on any atom is -0.495 e. The lowest BCUT2D eigenvalue weighted by molar-refractivity contribution is 0.0991. The fraction of sp³-hybridized carbons (Fsp3) is 0.182. The molecule has 0 saturated heterocycles. The van der Waals surface area contributed by atoms with Gasteiger partial charge in [-0.05, 0) is 12.1 Å². The van der Waals surface area contributed by atoms with Crippen molar-refractivity contribution in [2.24, 2.45) is 0 Å². The first-order valence-electron chi connectivity index (χ1n) is 5.13. The molecule has 7 heteroatoms. The number of anilines is 2. The average molecular weight is 264 g/mol. The quantitative estimate of drug-likeness (QED) is 0.906. The molecular weight excluding hydrogens is 252 g/mol. The maximum atomic E-state index is 12.1. The Hall–Kier alpha value is -2.15. The number of para-hydroxylation sites is 2. The molecule has 1 amide bonds. The molecule has 2 aromatic rings. The maximum absolute atomic E-state index is 12.1. The van der Waals surface area contributed by atoms with Gasteiger partial charge in [0, 0.05) is 7.05 Å². The van der Waals surface area contributed by atoms with Gasteiger partial charge in [-0.25, -0.2) is 0 Å². The third kappa shape index (κ3) is 2.25. The lowest BCUT2D eigenvalue weighted by atomic mass is 10.2. The van der Waals surface area contributed by atoms with Crippen molar-refractivity contribution in [2.75, 3.05) is 24.8 Å². The monoisotopic (exact) mass is 264 g/mol. The highest BCUT2D eigenvalue weighted by atomic mass is 32.1. The zero-order valence-electron chi connectivity index (χ0n) is 9.95. The number of carbonyl (C=O) groups is 1. The van der Waals surface area contributed by atoms with Gasteiger partial charge in [0.1, 0.15) is 5.75 Å². The number of hydrogen-bond donors (Lipinski definition) is 1. The molecule has 2 rings (SSSR count). The minimum absolute atomic E-state index is 0.251. The van der Waals surface area contributed by atoms with Gasteiger partial charge in [0.25, 0.3) is 5.91 Å². The molecule has 0 aliphatic carbocycles. The Morgan fingerprint density at radius 2 is 2.11 bits per heavy atom. The zero-order valence-corrected chi connectivity index (χ0v) is 10.8. The molecule has 0 unspecified atom stereocenters. The van der Waals surface area contributed by atoms with Crippen LogP contribution in [0.25, 0.3) is 0 Å². The third-order valence-corrected chi connectivity index (χ3v) is 3.12. The van der Waals surface area contributed by atoms with Crippen LogP contribution < -0.4 is 15.4 Å². The highest BCUT2D eigenvalue weighted by molar-refractivity contribution is 7.17. The fourth-order valence-electron chi connectivity index (χ4n) is 1.48. The van der Waals surface area contributed by atoms with E-state index in [9.17, 15) is 4.79 Å². The summed E-state index contributed by atoms with van der Waals surface area (Å²) in [7, 11) is 3.21. The van der Waals surface area contributed by atoms with Gasteiger partial charge in [-0.3, -0.25) is 4.79 Å². The van der Waals surface area contributed by atoms with E-state index < -0.39 is 0 Å². The molecule has 18 heavy (non-hydrogen) atoms. The average Bonchev–Trinajstić information content (AvgIpc) is 2.83. The first kappa shape index (κ1) is 12.3. The number of nitrogens with zero attached hydrogens (tertiary/aromatic N) is 3. The van der Waals surface area contributed by atoms with Gasteiger partial charge in [0.05, 0.1) is 12.8 Å². The number of aromatic nitrogens is 2. The summed E-state index contributed by atoms with van der Waals surface area (Å²) in [6.45, 7) is 0. The van der Waals surface area contributed by atoms with Crippen LogP contribution in [0.1, 0.15) is 9.80 Å². The Balaban J connectivity index is 2.31. The van der Waals surface area contributed by atoms with Crippen LogP contribution in [0.3, 0.4) is 0 Å². The largest absolute Gasteiger partial charge is 0.495 e. The molecule has 2 N–H and O–H groups in total. The van der Waals surface area contributed by atoms with Gasteiger partial charge in [-0.1, -0.05) is 23.5 Å². The van der Waals surface area contributed by atoms with Gasteiger partial charge in [0.15, 0.2) is 0 Å². The number of rotatable bonds is 3. The predicted octanol–water partition coefficient (Wildman–Crippen LogP) is 1.41. The van der Waals surface area contributed by atoms with E-state index in [0.717, 1.165) is 11.3 Å². The smallest absolute Gasteiger partial charge is 0.289 e. The van der Waals surface area contributed by atoms with Crippen LogP contribution in [-0.4, -0.2) is 30.3 Å². The molecule has 1 heterocycles. The van der Waals surface area contributed by atoms with Gasteiger partial charge in [-0.2, -0.15) is 0 Å². The summed E-state index contributed by atoms with van der Waals surface area (Å²) < 4.78 is 5.21.